The Hall–Kier alpha value is -2.72. The van der Waals surface area contributed by atoms with E-state index in [9.17, 15) is 9.59 Å². The Bertz CT molecular complexity index is 990. The van der Waals surface area contributed by atoms with Crippen molar-refractivity contribution in [1.29, 1.82) is 0 Å². The molecule has 2 amide bonds. The molecule has 2 saturated carbocycles. The van der Waals surface area contributed by atoms with Crippen LogP contribution in [0, 0.1) is 11.8 Å². The number of hydrogen-bond donors (Lipinski definition) is 2. The first-order valence-corrected chi connectivity index (χ1v) is 13.2. The van der Waals surface area contributed by atoms with E-state index in [4.69, 9.17) is 9.05 Å². The molecule has 4 fully saturated rings. The van der Waals surface area contributed by atoms with Crippen molar-refractivity contribution in [1.82, 2.24) is 30.7 Å². The lowest BCUT2D eigenvalue weighted by atomic mass is 10.1. The maximum atomic E-state index is 12.1. The number of amides is 2. The summed E-state index contributed by atoms with van der Waals surface area (Å²) in [5, 5.41) is 13.8. The van der Waals surface area contributed by atoms with Gasteiger partial charge < -0.3 is 29.5 Å². The monoisotopic (exact) mass is 498 g/mol. The van der Waals surface area contributed by atoms with Crippen LogP contribution in [0.2, 0.25) is 0 Å². The van der Waals surface area contributed by atoms with Crippen molar-refractivity contribution in [2.45, 2.75) is 63.5 Å². The normalized spacial score (nSPS) is 28.6. The molecular weight excluding hydrogens is 460 g/mol. The average molecular weight is 499 g/mol. The van der Waals surface area contributed by atoms with E-state index in [1.54, 1.807) is 12.1 Å². The highest BCUT2D eigenvalue weighted by molar-refractivity contribution is 5.93. The molecule has 2 aromatic rings. The molecule has 4 aliphatic rings. The Balaban J connectivity index is 0.000000148. The van der Waals surface area contributed by atoms with Gasteiger partial charge in [-0.1, -0.05) is 24.2 Å². The molecule has 2 aliphatic heterocycles. The van der Waals surface area contributed by atoms with Crippen LogP contribution in [0.5, 0.6) is 0 Å². The molecule has 0 aromatic carbocycles. The maximum Gasteiger partial charge on any atom is 0.273 e. The minimum absolute atomic E-state index is 0.113. The molecule has 10 heteroatoms. The van der Waals surface area contributed by atoms with Crippen molar-refractivity contribution >= 4 is 11.8 Å². The van der Waals surface area contributed by atoms with Crippen LogP contribution >= 0.6 is 0 Å². The Morgan fingerprint density at radius 1 is 0.750 bits per heavy atom. The molecule has 2 aliphatic carbocycles. The van der Waals surface area contributed by atoms with E-state index in [0.29, 0.717) is 35.1 Å². The van der Waals surface area contributed by atoms with Gasteiger partial charge in [0.1, 0.15) is 11.5 Å². The maximum absolute atomic E-state index is 12.1. The van der Waals surface area contributed by atoms with E-state index < -0.39 is 0 Å². The Kier molecular flexibility index (Phi) is 7.16. The lowest BCUT2D eigenvalue weighted by Gasteiger charge is -2.15. The summed E-state index contributed by atoms with van der Waals surface area (Å²) < 4.78 is 10.4. The first-order chi connectivity index (χ1) is 17.3. The van der Waals surface area contributed by atoms with Gasteiger partial charge in [-0.2, -0.15) is 0 Å². The van der Waals surface area contributed by atoms with Gasteiger partial charge in [0, 0.05) is 62.2 Å². The summed E-state index contributed by atoms with van der Waals surface area (Å²) in [5.74, 6) is 3.44. The quantitative estimate of drug-likeness (QED) is 0.624. The molecule has 6 rings (SSSR count). The number of aromatic nitrogens is 2. The molecule has 10 nitrogen and oxygen atoms in total. The lowest BCUT2D eigenvalue weighted by Crippen LogP contribution is -2.39. The number of likely N-dealkylation sites (tertiary alicyclic amines) is 2. The van der Waals surface area contributed by atoms with Crippen molar-refractivity contribution in [2.75, 3.05) is 40.3 Å². The van der Waals surface area contributed by atoms with Crippen molar-refractivity contribution in [2.24, 2.45) is 11.8 Å². The molecule has 36 heavy (non-hydrogen) atoms. The highest BCUT2D eigenvalue weighted by Gasteiger charge is 2.33. The van der Waals surface area contributed by atoms with E-state index in [1.807, 2.05) is 0 Å². The molecule has 2 aromatic heterocycles. The van der Waals surface area contributed by atoms with Gasteiger partial charge in [0.05, 0.1) is 0 Å². The van der Waals surface area contributed by atoms with Gasteiger partial charge in [-0.05, 0) is 51.6 Å². The van der Waals surface area contributed by atoms with E-state index >= 15 is 0 Å². The van der Waals surface area contributed by atoms with Crippen LogP contribution in [-0.4, -0.2) is 84.3 Å². The van der Waals surface area contributed by atoms with E-state index in [-0.39, 0.29) is 23.9 Å². The van der Waals surface area contributed by atoms with E-state index in [1.165, 1.54) is 0 Å². The summed E-state index contributed by atoms with van der Waals surface area (Å²) in [6, 6.07) is 4.00. The minimum atomic E-state index is -0.113. The van der Waals surface area contributed by atoms with Crippen LogP contribution in [0.15, 0.2) is 21.2 Å². The van der Waals surface area contributed by atoms with Crippen molar-refractivity contribution in [3.05, 3.63) is 35.0 Å². The first kappa shape index (κ1) is 25.0. The third-order valence-electron chi connectivity index (χ3n) is 7.70. The molecule has 0 bridgehead atoms. The number of nitrogens with one attached hydrogen (secondary N) is 2. The number of hydrogen-bond acceptors (Lipinski definition) is 8. The summed E-state index contributed by atoms with van der Waals surface area (Å²) in [5.41, 5.74) is 0.831. The van der Waals surface area contributed by atoms with Gasteiger partial charge in [-0.25, -0.2) is 0 Å². The summed E-state index contributed by atoms with van der Waals surface area (Å²) in [6.07, 6.45) is 4.61. The summed E-state index contributed by atoms with van der Waals surface area (Å²) >= 11 is 0. The summed E-state index contributed by atoms with van der Waals surface area (Å²) in [4.78, 5) is 28.6. The average Bonchev–Trinajstić information content (AvgIpc) is 3.70. The zero-order chi connectivity index (χ0) is 25.4. The second-order valence-electron chi connectivity index (χ2n) is 11.3. The molecule has 196 valence electrons. The third kappa shape index (κ3) is 5.98. The predicted molar refractivity (Wildman–Crippen MR) is 133 cm³/mol. The minimum Gasteiger partial charge on any atom is -0.360 e. The number of carbonyl (C=O) groups excluding carboxylic acids is 2. The fourth-order valence-corrected chi connectivity index (χ4v) is 5.19. The number of nitrogens with zero attached hydrogens (tertiary/aromatic N) is 4. The van der Waals surface area contributed by atoms with Crippen LogP contribution < -0.4 is 10.6 Å². The Morgan fingerprint density at radius 2 is 1.14 bits per heavy atom. The molecule has 4 heterocycles. The van der Waals surface area contributed by atoms with Gasteiger partial charge in [0.25, 0.3) is 11.8 Å². The fraction of sp³-hybridized carbons (Fsp3) is 0.692. The van der Waals surface area contributed by atoms with Crippen LogP contribution in [0.3, 0.4) is 0 Å². The van der Waals surface area contributed by atoms with Crippen molar-refractivity contribution in [3.8, 4) is 0 Å². The van der Waals surface area contributed by atoms with E-state index in [0.717, 1.165) is 63.4 Å². The summed E-state index contributed by atoms with van der Waals surface area (Å²) in [6.45, 7) is 8.17. The molecule has 0 spiro atoms. The Labute approximate surface area is 212 Å². The predicted octanol–water partition coefficient (Wildman–Crippen LogP) is 2.46. The highest BCUT2D eigenvalue weighted by Crippen LogP contribution is 2.40. The zero-order valence-corrected chi connectivity index (χ0v) is 21.7. The lowest BCUT2D eigenvalue weighted by molar-refractivity contribution is 0.0914. The van der Waals surface area contributed by atoms with Crippen LogP contribution in [-0.2, 0) is 0 Å². The molecular formula is C26H38N6O4. The van der Waals surface area contributed by atoms with Gasteiger partial charge in [-0.15, -0.1) is 0 Å². The summed E-state index contributed by atoms with van der Waals surface area (Å²) in [7, 11) is 4.15. The SMILES string of the molecule is C[C@@H]1CN(C)C[C@H]1NC(=O)c1cc(C2CC2)on1.C[C@H]1CN(C)C[C@H]1NC(=O)c1cc(C2CC2)on1. The standard InChI is InChI=1S/2C13H19N3O2/c2*1-8-6-16(2)7-11(8)14-13(17)10-5-12(18-15-10)9-3-4-9/h2*5,8-9,11H,3-4,6-7H2,1-2H3,(H,14,17)/t8-,11+;8-,11-/m01/s1. The van der Waals surface area contributed by atoms with Gasteiger partial charge in [0.2, 0.25) is 0 Å². The molecule has 4 atom stereocenters. The topological polar surface area (TPSA) is 117 Å². The third-order valence-corrected chi connectivity index (χ3v) is 7.70. The zero-order valence-electron chi connectivity index (χ0n) is 21.7. The largest absolute Gasteiger partial charge is 0.360 e. The molecule has 2 saturated heterocycles. The first-order valence-electron chi connectivity index (χ1n) is 13.2. The Morgan fingerprint density at radius 3 is 1.44 bits per heavy atom. The van der Waals surface area contributed by atoms with Crippen LogP contribution in [0.25, 0.3) is 0 Å². The molecule has 0 unspecified atom stereocenters. The van der Waals surface area contributed by atoms with Crippen LogP contribution in [0.4, 0.5) is 0 Å². The van der Waals surface area contributed by atoms with Crippen molar-refractivity contribution < 1.29 is 18.6 Å². The second-order valence-corrected chi connectivity index (χ2v) is 11.3. The molecule has 2 N–H and O–H groups in total. The van der Waals surface area contributed by atoms with Gasteiger partial charge >= 0.3 is 0 Å². The van der Waals surface area contributed by atoms with Crippen molar-refractivity contribution in [3.63, 3.8) is 0 Å². The fourth-order valence-electron chi connectivity index (χ4n) is 5.19. The number of carbonyl (C=O) groups is 2. The van der Waals surface area contributed by atoms with Crippen LogP contribution in [0.1, 0.15) is 83.9 Å². The number of rotatable bonds is 6. The van der Waals surface area contributed by atoms with Gasteiger partial charge in [-0.3, -0.25) is 9.59 Å². The number of likely N-dealkylation sites (N-methyl/N-ethyl adjacent to an activating group) is 2. The van der Waals surface area contributed by atoms with E-state index in [2.05, 4.69) is 58.7 Å². The molecule has 0 radical (unpaired) electrons. The van der Waals surface area contributed by atoms with Gasteiger partial charge in [0.15, 0.2) is 11.4 Å². The second kappa shape index (κ2) is 10.3. The highest BCUT2D eigenvalue weighted by atomic mass is 16.5. The smallest absolute Gasteiger partial charge is 0.273 e.